The van der Waals surface area contributed by atoms with Gasteiger partial charge in [0.2, 0.25) is 10.0 Å². The van der Waals surface area contributed by atoms with E-state index in [0.29, 0.717) is 5.92 Å². The molecule has 0 amide bonds. The van der Waals surface area contributed by atoms with Crippen molar-refractivity contribution in [2.24, 2.45) is 16.0 Å². The molecular formula is C13H19N3O2S2. The molecular weight excluding hydrogens is 294 g/mol. The normalized spacial score (nSPS) is 19.5. The third-order valence-electron chi connectivity index (χ3n) is 2.99. The van der Waals surface area contributed by atoms with Gasteiger partial charge in [-0.1, -0.05) is 30.8 Å². The Morgan fingerprint density at radius 1 is 1.40 bits per heavy atom. The Morgan fingerprint density at radius 2 is 2.10 bits per heavy atom. The van der Waals surface area contributed by atoms with Gasteiger partial charge in [-0.05, 0) is 30.0 Å². The van der Waals surface area contributed by atoms with Crippen LogP contribution in [0.3, 0.4) is 0 Å². The van der Waals surface area contributed by atoms with Crippen LogP contribution in [0, 0.1) is 5.92 Å². The van der Waals surface area contributed by atoms with E-state index in [2.05, 4.69) is 17.2 Å². The minimum Gasteiger partial charge on any atom is -0.365 e. The Morgan fingerprint density at radius 3 is 2.65 bits per heavy atom. The Labute approximate surface area is 124 Å². The van der Waals surface area contributed by atoms with Crippen LogP contribution in [-0.4, -0.2) is 32.4 Å². The van der Waals surface area contributed by atoms with E-state index in [-0.39, 0.29) is 4.90 Å². The molecule has 3 N–H and O–H groups in total. The number of primary sulfonamides is 1. The molecule has 0 aliphatic carbocycles. The number of nitrogens with two attached hydrogens (primary N) is 1. The summed E-state index contributed by atoms with van der Waals surface area (Å²) in [5.41, 5.74) is 1.07. The number of nitrogens with zero attached hydrogens (tertiary/aromatic N) is 1. The number of sulfonamides is 1. The highest BCUT2D eigenvalue weighted by Gasteiger charge is 2.11. The van der Waals surface area contributed by atoms with E-state index in [1.54, 1.807) is 36.0 Å². The van der Waals surface area contributed by atoms with Crippen LogP contribution >= 0.6 is 11.8 Å². The predicted octanol–water partition coefficient (Wildman–Crippen LogP) is 1.21. The van der Waals surface area contributed by atoms with Crippen molar-refractivity contribution in [1.82, 2.24) is 5.32 Å². The summed E-state index contributed by atoms with van der Waals surface area (Å²) in [5, 5.41) is 9.37. The lowest BCUT2D eigenvalue weighted by Gasteiger charge is -2.17. The number of nitrogens with one attached hydrogen (secondary N) is 1. The minimum atomic E-state index is -3.60. The molecule has 0 radical (unpaired) electrons. The number of hydrogen-bond acceptors (Lipinski definition) is 5. The van der Waals surface area contributed by atoms with E-state index < -0.39 is 10.0 Å². The SMILES string of the molecule is CC1CN=C(NCCc2ccc(S(N)(=O)=O)cc2)SC1. The first-order chi connectivity index (χ1) is 9.45. The topological polar surface area (TPSA) is 84.5 Å². The molecule has 1 atom stereocenters. The van der Waals surface area contributed by atoms with E-state index in [0.717, 1.165) is 36.0 Å². The second-order valence-electron chi connectivity index (χ2n) is 4.93. The summed E-state index contributed by atoms with van der Waals surface area (Å²) in [7, 11) is -3.60. The van der Waals surface area contributed by atoms with Gasteiger partial charge in [-0.15, -0.1) is 0 Å². The second-order valence-corrected chi connectivity index (χ2v) is 7.50. The molecule has 0 aromatic heterocycles. The highest BCUT2D eigenvalue weighted by Crippen LogP contribution is 2.15. The van der Waals surface area contributed by atoms with E-state index >= 15 is 0 Å². The van der Waals surface area contributed by atoms with Gasteiger partial charge in [0, 0.05) is 18.8 Å². The molecule has 1 heterocycles. The number of aliphatic imine (C=N–C) groups is 1. The molecule has 0 spiro atoms. The quantitative estimate of drug-likeness (QED) is 0.875. The largest absolute Gasteiger partial charge is 0.365 e. The number of rotatable bonds is 4. The maximum absolute atomic E-state index is 11.1. The highest BCUT2D eigenvalue weighted by molar-refractivity contribution is 8.13. The summed E-state index contributed by atoms with van der Waals surface area (Å²) in [6, 6.07) is 6.66. The molecule has 1 unspecified atom stereocenters. The van der Waals surface area contributed by atoms with Gasteiger partial charge >= 0.3 is 0 Å². The first-order valence-electron chi connectivity index (χ1n) is 6.48. The molecule has 1 aliphatic rings. The average molecular weight is 313 g/mol. The zero-order valence-corrected chi connectivity index (χ0v) is 13.0. The summed E-state index contributed by atoms with van der Waals surface area (Å²) < 4.78 is 22.3. The highest BCUT2D eigenvalue weighted by atomic mass is 32.2. The van der Waals surface area contributed by atoms with Crippen molar-refractivity contribution >= 4 is 27.0 Å². The van der Waals surface area contributed by atoms with Gasteiger partial charge in [0.25, 0.3) is 0 Å². The molecule has 0 fully saturated rings. The molecule has 5 nitrogen and oxygen atoms in total. The molecule has 0 bridgehead atoms. The van der Waals surface area contributed by atoms with Crippen molar-refractivity contribution < 1.29 is 8.42 Å². The van der Waals surface area contributed by atoms with Crippen LogP contribution in [0.4, 0.5) is 0 Å². The van der Waals surface area contributed by atoms with Crippen molar-refractivity contribution in [3.63, 3.8) is 0 Å². The lowest BCUT2D eigenvalue weighted by Crippen LogP contribution is -2.27. The third-order valence-corrected chi connectivity index (χ3v) is 5.20. The first kappa shape index (κ1) is 15.3. The van der Waals surface area contributed by atoms with Crippen molar-refractivity contribution in [2.75, 3.05) is 18.8 Å². The maximum Gasteiger partial charge on any atom is 0.238 e. The Hall–Kier alpha value is -1.05. The van der Waals surface area contributed by atoms with Crippen LogP contribution < -0.4 is 10.5 Å². The smallest absolute Gasteiger partial charge is 0.238 e. The van der Waals surface area contributed by atoms with Gasteiger partial charge in [-0.25, -0.2) is 13.6 Å². The minimum absolute atomic E-state index is 0.149. The lowest BCUT2D eigenvalue weighted by molar-refractivity contribution is 0.598. The molecule has 20 heavy (non-hydrogen) atoms. The third kappa shape index (κ3) is 4.50. The van der Waals surface area contributed by atoms with Crippen LogP contribution in [0.25, 0.3) is 0 Å². The summed E-state index contributed by atoms with van der Waals surface area (Å²) >= 11 is 1.76. The van der Waals surface area contributed by atoms with Crippen molar-refractivity contribution in [3.8, 4) is 0 Å². The zero-order chi connectivity index (χ0) is 14.6. The standard InChI is InChI=1S/C13H19N3O2S2/c1-10-8-16-13(19-9-10)15-7-6-11-2-4-12(5-3-11)20(14,17)18/h2-5,10H,6-9H2,1H3,(H,15,16)(H2,14,17,18). The molecule has 1 aliphatic heterocycles. The molecule has 0 saturated carbocycles. The number of amidine groups is 1. The van der Waals surface area contributed by atoms with Crippen LogP contribution in [-0.2, 0) is 16.4 Å². The van der Waals surface area contributed by atoms with Crippen molar-refractivity contribution in [2.45, 2.75) is 18.2 Å². The molecule has 110 valence electrons. The van der Waals surface area contributed by atoms with Crippen molar-refractivity contribution in [3.05, 3.63) is 29.8 Å². The molecule has 1 aromatic rings. The average Bonchev–Trinajstić information content (AvgIpc) is 2.41. The fourth-order valence-electron chi connectivity index (χ4n) is 1.82. The number of benzene rings is 1. The van der Waals surface area contributed by atoms with E-state index in [1.165, 1.54) is 0 Å². The van der Waals surface area contributed by atoms with Gasteiger partial charge in [-0.2, -0.15) is 0 Å². The summed E-state index contributed by atoms with van der Waals surface area (Å²) in [4.78, 5) is 4.61. The Bertz CT molecular complexity index is 582. The monoisotopic (exact) mass is 313 g/mol. The molecule has 2 rings (SSSR count). The number of hydrogen-bond donors (Lipinski definition) is 2. The first-order valence-corrected chi connectivity index (χ1v) is 9.01. The molecule has 7 heteroatoms. The van der Waals surface area contributed by atoms with Gasteiger partial charge < -0.3 is 5.32 Å². The molecule has 1 aromatic carbocycles. The van der Waals surface area contributed by atoms with Gasteiger partial charge in [0.1, 0.15) is 0 Å². The fraction of sp³-hybridized carbons (Fsp3) is 0.462. The predicted molar refractivity (Wildman–Crippen MR) is 83.4 cm³/mol. The number of thioether (sulfide) groups is 1. The summed E-state index contributed by atoms with van der Waals surface area (Å²) in [6.45, 7) is 3.87. The van der Waals surface area contributed by atoms with Crippen LogP contribution in [0.1, 0.15) is 12.5 Å². The Balaban J connectivity index is 1.83. The van der Waals surface area contributed by atoms with Gasteiger partial charge in [0.05, 0.1) is 4.90 Å². The summed E-state index contributed by atoms with van der Waals surface area (Å²) in [5.74, 6) is 1.76. The lowest BCUT2D eigenvalue weighted by atomic mass is 10.1. The second kappa shape index (κ2) is 6.60. The van der Waals surface area contributed by atoms with Crippen LogP contribution in [0.5, 0.6) is 0 Å². The summed E-state index contributed by atoms with van der Waals surface area (Å²) in [6.07, 6.45) is 0.819. The van der Waals surface area contributed by atoms with Gasteiger partial charge in [-0.3, -0.25) is 4.99 Å². The Kier molecular flexibility index (Phi) is 5.06. The van der Waals surface area contributed by atoms with E-state index in [4.69, 9.17) is 5.14 Å². The maximum atomic E-state index is 11.1. The zero-order valence-electron chi connectivity index (χ0n) is 11.4. The molecule has 0 saturated heterocycles. The van der Waals surface area contributed by atoms with E-state index in [1.807, 2.05) is 0 Å². The van der Waals surface area contributed by atoms with Crippen LogP contribution in [0.2, 0.25) is 0 Å². The van der Waals surface area contributed by atoms with Gasteiger partial charge in [0.15, 0.2) is 5.17 Å². The van der Waals surface area contributed by atoms with Crippen LogP contribution in [0.15, 0.2) is 34.2 Å². The fourth-order valence-corrected chi connectivity index (χ4v) is 3.26. The van der Waals surface area contributed by atoms with E-state index in [9.17, 15) is 8.42 Å². The van der Waals surface area contributed by atoms with Crippen molar-refractivity contribution in [1.29, 1.82) is 0 Å².